The van der Waals surface area contributed by atoms with E-state index in [0.717, 1.165) is 38.5 Å². The van der Waals surface area contributed by atoms with Crippen LogP contribution in [0.2, 0.25) is 8.87 Å². The van der Waals surface area contributed by atoms with Gasteiger partial charge in [-0.15, -0.1) is 0 Å². The second kappa shape index (κ2) is 55.0. The van der Waals surface area contributed by atoms with E-state index in [1.807, 2.05) is 20.8 Å². The molecule has 0 saturated heterocycles. The molecule has 9 nitrogen and oxygen atoms in total. The van der Waals surface area contributed by atoms with Crippen LogP contribution in [0.5, 0.6) is 0 Å². The Hall–Kier alpha value is -2.04. The summed E-state index contributed by atoms with van der Waals surface area (Å²) in [6, 6.07) is 0. The third kappa shape index (κ3) is 65.1. The maximum atomic E-state index is 11.1. The van der Waals surface area contributed by atoms with Gasteiger partial charge in [0.05, 0.1) is 6.61 Å². The van der Waals surface area contributed by atoms with Gasteiger partial charge in [0.15, 0.2) is 5.76 Å². The van der Waals surface area contributed by atoms with Crippen molar-refractivity contribution < 1.29 is 44.0 Å². The minimum absolute atomic E-state index is 0.149. The van der Waals surface area contributed by atoms with E-state index in [2.05, 4.69) is 59.4 Å². The summed E-state index contributed by atoms with van der Waals surface area (Å²) in [7, 11) is 0. The van der Waals surface area contributed by atoms with E-state index in [1.54, 1.807) is 8.87 Å². The fraction of sp³-hybridized carbons (Fsp3) is 0.840. The van der Waals surface area contributed by atoms with E-state index in [9.17, 15) is 29.4 Å². The molecule has 0 aliphatic carbocycles. The molecule has 60 heavy (non-hydrogen) atoms. The molecule has 1 unspecified atom stereocenters. The minimum atomic E-state index is -0.909. The molecule has 0 radical (unpaired) electrons. The van der Waals surface area contributed by atoms with Crippen molar-refractivity contribution in [3.63, 3.8) is 0 Å². The van der Waals surface area contributed by atoms with Crippen LogP contribution in [0.3, 0.4) is 0 Å². The summed E-state index contributed by atoms with van der Waals surface area (Å²) in [6.45, 7) is 25.8. The number of carbonyl (C=O) groups is 4. The van der Waals surface area contributed by atoms with E-state index in [4.69, 9.17) is 9.84 Å². The van der Waals surface area contributed by atoms with Crippen LogP contribution in [0, 0.1) is 5.92 Å². The van der Waals surface area contributed by atoms with Crippen LogP contribution >= 0.6 is 0 Å². The van der Waals surface area contributed by atoms with Crippen molar-refractivity contribution in [3.8, 4) is 0 Å². The fourth-order valence-electron chi connectivity index (χ4n) is 5.43. The second-order valence-corrected chi connectivity index (χ2v) is 20.5. The van der Waals surface area contributed by atoms with Crippen molar-refractivity contribution in [1.82, 2.24) is 0 Å². The van der Waals surface area contributed by atoms with Gasteiger partial charge in [0.1, 0.15) is 5.60 Å². The Balaban J connectivity index is -0.000000213. The zero-order chi connectivity index (χ0) is 46.7. The zero-order valence-electron chi connectivity index (χ0n) is 40.7. The number of carbonyl (C=O) groups excluding carboxylic acids is 4. The molecule has 0 heterocycles. The molecule has 354 valence electrons. The Morgan fingerprint density at radius 1 is 0.600 bits per heavy atom. The average molecular weight is 960 g/mol. The second-order valence-electron chi connectivity index (χ2n) is 16.2. The van der Waals surface area contributed by atoms with Gasteiger partial charge in [-0.05, 0) is 64.9 Å². The van der Waals surface area contributed by atoms with E-state index in [0.29, 0.717) is 12.5 Å². The van der Waals surface area contributed by atoms with Crippen LogP contribution < -0.4 is 10.2 Å². The van der Waals surface area contributed by atoms with Crippen molar-refractivity contribution in [1.29, 1.82) is 0 Å². The summed E-state index contributed by atoms with van der Waals surface area (Å²) < 4.78 is 13.0. The maximum absolute atomic E-state index is 11.1. The van der Waals surface area contributed by atoms with E-state index in [1.165, 1.54) is 134 Å². The number of hydrogen-bond acceptors (Lipinski definition) is 9. The van der Waals surface area contributed by atoms with Crippen molar-refractivity contribution in [2.75, 3.05) is 6.61 Å². The summed E-state index contributed by atoms with van der Waals surface area (Å²) in [5.41, 5.74) is -0.388. The fourth-order valence-corrected chi connectivity index (χ4v) is 9.58. The molecule has 0 bridgehead atoms. The van der Waals surface area contributed by atoms with E-state index < -0.39 is 23.7 Å². The normalized spacial score (nSPS) is 10.6. The van der Waals surface area contributed by atoms with Crippen LogP contribution in [0.15, 0.2) is 25.0 Å². The summed E-state index contributed by atoms with van der Waals surface area (Å²) >= 11 is 0.149. The molecular formula is C50H96O9Sn. The Bertz CT molecular complexity index is 929. The molecule has 1 N–H and O–H groups in total. The molecule has 0 aromatic heterocycles. The van der Waals surface area contributed by atoms with Crippen LogP contribution in [0.25, 0.3) is 0 Å². The first kappa shape index (κ1) is 67.0. The predicted molar refractivity (Wildman–Crippen MR) is 251 cm³/mol. The molecule has 0 amide bonds. The zero-order valence-corrected chi connectivity index (χ0v) is 43.6. The van der Waals surface area contributed by atoms with Gasteiger partial charge in [0.25, 0.3) is 0 Å². The average Bonchev–Trinajstić information content (AvgIpc) is 3.21. The first-order chi connectivity index (χ1) is 28.6. The summed E-state index contributed by atoms with van der Waals surface area (Å²) in [4.78, 5) is 41.6. The predicted octanol–water partition coefficient (Wildman–Crippen LogP) is 12.8. The van der Waals surface area contributed by atoms with Crippen LogP contribution in [0.1, 0.15) is 242 Å². The van der Waals surface area contributed by atoms with Crippen molar-refractivity contribution in [3.05, 3.63) is 25.0 Å². The summed E-state index contributed by atoms with van der Waals surface area (Å²) in [5, 5.41) is 28.6. The molecule has 10 heteroatoms. The summed E-state index contributed by atoms with van der Waals surface area (Å²) in [6.07, 6.45) is 33.6. The number of hydrogen-bond donors (Lipinski definition) is 1. The number of ether oxygens (including phenoxy) is 2. The number of carboxylic acids is 2. The monoisotopic (exact) mass is 961 g/mol. The molecule has 0 aliphatic heterocycles. The molecule has 1 atom stereocenters. The third-order valence-corrected chi connectivity index (χ3v) is 13.8. The molecule has 0 aliphatic rings. The first-order valence-electron chi connectivity index (χ1n) is 24.1. The topological polar surface area (TPSA) is 153 Å². The van der Waals surface area contributed by atoms with Gasteiger partial charge < -0.3 is 34.4 Å². The number of aliphatic carboxylic acids is 2. The van der Waals surface area contributed by atoms with Gasteiger partial charge in [-0.25, -0.2) is 9.59 Å². The Morgan fingerprint density at radius 3 is 1.25 bits per heavy atom. The Morgan fingerprint density at radius 2 is 0.950 bits per heavy atom. The quantitative estimate of drug-likeness (QED) is 0.0215. The van der Waals surface area contributed by atoms with E-state index >= 15 is 0 Å². The molecule has 0 rings (SSSR count). The van der Waals surface area contributed by atoms with Gasteiger partial charge in [0, 0.05) is 18.0 Å². The number of aliphatic hydroxyl groups is 1. The number of carboxylic acid groups (broad SMARTS) is 2. The first-order valence-corrected chi connectivity index (χ1v) is 28.1. The number of aliphatic hydroxyl groups excluding tert-OH is 1. The Kier molecular flexibility index (Phi) is 61.4. The number of rotatable bonds is 35. The van der Waals surface area contributed by atoms with Gasteiger partial charge in [-0.2, -0.15) is 0 Å². The standard InChI is InChI=1S/C12H22O2.2C12H24O2.C6H10O3.2C4H9.Sn/c1-6-8-9-10(3)12(4,5)14-11(13)7-2;2*1-2-3-4-5-6-7-8-9-10-11-12(13)14;1-3-4-9-6(8)5(2)7;2*1-3-4-2;/h7,10H,2,6,8-9H2,1,3-5H3;2*2-11H2,1H3,(H,13,14);7H,2-4H2,1H3;2*1,3-4H2,2H3;/q;;;;;;+2/p-2. The Labute approximate surface area is 381 Å². The number of esters is 2. The van der Waals surface area contributed by atoms with Gasteiger partial charge in [-0.3, -0.25) is 0 Å². The third-order valence-electron chi connectivity index (χ3n) is 9.76. The summed E-state index contributed by atoms with van der Waals surface area (Å²) in [5.74, 6) is -3.05. The van der Waals surface area contributed by atoms with Crippen LogP contribution in [-0.4, -0.2) is 62.3 Å². The molecular weight excluding hydrogens is 863 g/mol. The van der Waals surface area contributed by atoms with Crippen LogP contribution in [-0.2, 0) is 28.7 Å². The molecule has 0 saturated carbocycles. The van der Waals surface area contributed by atoms with Crippen LogP contribution in [0.4, 0.5) is 0 Å². The van der Waals surface area contributed by atoms with Gasteiger partial charge in [-0.1, -0.05) is 157 Å². The molecule has 0 spiro atoms. The SMILES string of the molecule is C=C(O)C(=O)OCCC.C=CC(=O)OC(C)(C)C(C)CCCC.CCCCCCCCCCCC(=O)[O-].CCCCCCCCCCCC(=O)[O-].CCC[CH2][Sn+2][CH2]CCC. The van der Waals surface area contributed by atoms with Crippen molar-refractivity contribution in [2.45, 2.75) is 257 Å². The van der Waals surface area contributed by atoms with Crippen molar-refractivity contribution in [2.24, 2.45) is 5.92 Å². The molecule has 0 aromatic rings. The number of unbranched alkanes of at least 4 members (excludes halogenated alkanes) is 19. The van der Waals surface area contributed by atoms with Crippen molar-refractivity contribution >= 4 is 45.0 Å². The van der Waals surface area contributed by atoms with Gasteiger partial charge >= 0.3 is 81.5 Å². The molecule has 0 aromatic carbocycles. The van der Waals surface area contributed by atoms with Gasteiger partial charge in [0.2, 0.25) is 0 Å². The molecule has 0 fully saturated rings. The van der Waals surface area contributed by atoms with E-state index in [-0.39, 0.29) is 45.6 Å².